The number of anilines is 1. The molecule has 1 heterocycles. The van der Waals surface area contributed by atoms with Crippen molar-refractivity contribution >= 4 is 55.5 Å². The number of para-hydroxylation sites is 1. The van der Waals surface area contributed by atoms with Crippen molar-refractivity contribution in [2.45, 2.75) is 13.8 Å². The lowest BCUT2D eigenvalue weighted by Crippen LogP contribution is -2.01. The fourth-order valence-corrected chi connectivity index (χ4v) is 3.89. The van der Waals surface area contributed by atoms with Gasteiger partial charge in [0.25, 0.3) is 0 Å². The molecule has 0 fully saturated rings. The number of thiazole rings is 1. The van der Waals surface area contributed by atoms with E-state index in [0.29, 0.717) is 13.2 Å². The minimum absolute atomic E-state index is 0.584. The van der Waals surface area contributed by atoms with Crippen molar-refractivity contribution in [3.8, 4) is 11.5 Å². The third-order valence-electron chi connectivity index (χ3n) is 3.29. The second-order valence-electron chi connectivity index (χ2n) is 5.05. The standard InChI is InChI=1S/C18H18IN3O2S/c1-3-23-15-10-12(9-13(19)17(15)24-4-2)11-20-22-18-21-14-7-5-6-8-16(14)25-18/h5-11H,3-4H2,1-2H3,(H,21,22)/b20-11+. The molecule has 0 radical (unpaired) electrons. The summed E-state index contributed by atoms with van der Waals surface area (Å²) in [7, 11) is 0. The minimum atomic E-state index is 0.584. The van der Waals surface area contributed by atoms with Crippen LogP contribution in [0.1, 0.15) is 19.4 Å². The van der Waals surface area contributed by atoms with Crippen LogP contribution < -0.4 is 14.9 Å². The monoisotopic (exact) mass is 467 g/mol. The highest BCUT2D eigenvalue weighted by molar-refractivity contribution is 14.1. The number of nitrogens with one attached hydrogen (secondary N) is 1. The van der Waals surface area contributed by atoms with Crippen LogP contribution in [0.5, 0.6) is 11.5 Å². The Kier molecular flexibility index (Phi) is 6.09. The van der Waals surface area contributed by atoms with Gasteiger partial charge in [-0.2, -0.15) is 5.10 Å². The first-order valence-electron chi connectivity index (χ1n) is 7.95. The second kappa shape index (κ2) is 8.48. The van der Waals surface area contributed by atoms with E-state index in [1.807, 2.05) is 50.2 Å². The molecule has 0 aliphatic rings. The molecule has 0 atom stereocenters. The van der Waals surface area contributed by atoms with Gasteiger partial charge in [0.05, 0.1) is 33.2 Å². The summed E-state index contributed by atoms with van der Waals surface area (Å²) in [5.41, 5.74) is 4.90. The summed E-state index contributed by atoms with van der Waals surface area (Å²) in [6.45, 7) is 5.10. The van der Waals surface area contributed by atoms with Gasteiger partial charge in [0.2, 0.25) is 5.13 Å². The summed E-state index contributed by atoms with van der Waals surface area (Å²) in [6.07, 6.45) is 1.76. The van der Waals surface area contributed by atoms with Crippen LogP contribution in [-0.2, 0) is 0 Å². The Morgan fingerprint density at radius 3 is 2.76 bits per heavy atom. The number of aromatic nitrogens is 1. The number of hydrogen-bond acceptors (Lipinski definition) is 6. The highest BCUT2D eigenvalue weighted by atomic mass is 127. The molecule has 0 spiro atoms. The predicted molar refractivity (Wildman–Crippen MR) is 112 cm³/mol. The minimum Gasteiger partial charge on any atom is -0.490 e. The molecular weight excluding hydrogens is 449 g/mol. The molecule has 3 aromatic rings. The predicted octanol–water partition coefficient (Wildman–Crippen LogP) is 5.14. The van der Waals surface area contributed by atoms with E-state index >= 15 is 0 Å². The Bertz CT molecular complexity index is 862. The lowest BCUT2D eigenvalue weighted by Gasteiger charge is -2.13. The van der Waals surface area contributed by atoms with Crippen LogP contribution in [0, 0.1) is 3.57 Å². The van der Waals surface area contributed by atoms with Crippen LogP contribution in [-0.4, -0.2) is 24.4 Å². The molecule has 130 valence electrons. The second-order valence-corrected chi connectivity index (χ2v) is 7.25. The number of halogens is 1. The number of benzene rings is 2. The molecule has 0 aliphatic heterocycles. The van der Waals surface area contributed by atoms with Gasteiger partial charge in [-0.05, 0) is 66.3 Å². The SMILES string of the molecule is CCOc1cc(/C=N/Nc2nc3ccccc3s2)cc(I)c1OCC. The molecule has 1 N–H and O–H groups in total. The van der Waals surface area contributed by atoms with E-state index in [-0.39, 0.29) is 0 Å². The lowest BCUT2D eigenvalue weighted by atomic mass is 10.2. The van der Waals surface area contributed by atoms with Gasteiger partial charge < -0.3 is 9.47 Å². The molecule has 1 aromatic heterocycles. The molecule has 0 amide bonds. The molecule has 7 heteroatoms. The molecule has 5 nitrogen and oxygen atoms in total. The molecule has 3 rings (SSSR count). The van der Waals surface area contributed by atoms with Crippen LogP contribution in [0.15, 0.2) is 41.5 Å². The molecule has 0 unspecified atom stereocenters. The lowest BCUT2D eigenvalue weighted by molar-refractivity contribution is 0.286. The topological polar surface area (TPSA) is 55.7 Å². The van der Waals surface area contributed by atoms with E-state index in [1.165, 1.54) is 0 Å². The van der Waals surface area contributed by atoms with E-state index < -0.39 is 0 Å². The Hall–Kier alpha value is -1.87. The number of nitrogens with zero attached hydrogens (tertiary/aromatic N) is 2. The van der Waals surface area contributed by atoms with E-state index in [0.717, 1.165) is 36.0 Å². The summed E-state index contributed by atoms with van der Waals surface area (Å²) in [4.78, 5) is 4.49. The zero-order valence-corrected chi connectivity index (χ0v) is 16.9. The summed E-state index contributed by atoms with van der Waals surface area (Å²) in [6, 6.07) is 12.0. The fourth-order valence-electron chi connectivity index (χ4n) is 2.29. The van der Waals surface area contributed by atoms with Crippen LogP contribution in [0.3, 0.4) is 0 Å². The normalized spacial score (nSPS) is 11.2. The van der Waals surface area contributed by atoms with Gasteiger partial charge in [0.1, 0.15) is 0 Å². The highest BCUT2D eigenvalue weighted by Gasteiger charge is 2.11. The van der Waals surface area contributed by atoms with E-state index in [4.69, 9.17) is 9.47 Å². The maximum atomic E-state index is 5.69. The molecule has 0 saturated heterocycles. The summed E-state index contributed by atoms with van der Waals surface area (Å²) in [5.74, 6) is 1.51. The molecule has 25 heavy (non-hydrogen) atoms. The van der Waals surface area contributed by atoms with Crippen LogP contribution in [0.25, 0.3) is 10.2 Å². The van der Waals surface area contributed by atoms with Gasteiger partial charge >= 0.3 is 0 Å². The van der Waals surface area contributed by atoms with Gasteiger partial charge in [-0.3, -0.25) is 5.43 Å². The largest absolute Gasteiger partial charge is 0.490 e. The first-order valence-corrected chi connectivity index (χ1v) is 9.84. The van der Waals surface area contributed by atoms with Crippen molar-refractivity contribution in [3.63, 3.8) is 0 Å². The molecule has 0 saturated carbocycles. The van der Waals surface area contributed by atoms with Crippen LogP contribution in [0.2, 0.25) is 0 Å². The Balaban J connectivity index is 1.78. The van der Waals surface area contributed by atoms with Crippen LogP contribution in [0.4, 0.5) is 5.13 Å². The van der Waals surface area contributed by atoms with Crippen LogP contribution >= 0.6 is 33.9 Å². The van der Waals surface area contributed by atoms with E-state index in [2.05, 4.69) is 38.1 Å². The zero-order valence-electron chi connectivity index (χ0n) is 14.0. The molecule has 2 aromatic carbocycles. The summed E-state index contributed by atoms with van der Waals surface area (Å²) >= 11 is 3.82. The average Bonchev–Trinajstić information content (AvgIpc) is 3.01. The first kappa shape index (κ1) is 17.9. The van der Waals surface area contributed by atoms with Crippen molar-refractivity contribution in [3.05, 3.63) is 45.5 Å². The average molecular weight is 467 g/mol. The van der Waals surface area contributed by atoms with Crippen molar-refractivity contribution in [2.24, 2.45) is 5.10 Å². The number of ether oxygens (including phenoxy) is 2. The Morgan fingerprint density at radius 1 is 1.20 bits per heavy atom. The molecular formula is C18H18IN3O2S. The Morgan fingerprint density at radius 2 is 2.00 bits per heavy atom. The Labute approximate surface area is 164 Å². The van der Waals surface area contributed by atoms with Gasteiger partial charge in [0.15, 0.2) is 11.5 Å². The number of hydrogen-bond donors (Lipinski definition) is 1. The smallest absolute Gasteiger partial charge is 0.204 e. The van der Waals surface area contributed by atoms with Crippen molar-refractivity contribution < 1.29 is 9.47 Å². The third-order valence-corrected chi connectivity index (χ3v) is 5.03. The quantitative estimate of drug-likeness (QED) is 0.297. The van der Waals surface area contributed by atoms with Gasteiger partial charge in [-0.1, -0.05) is 23.5 Å². The van der Waals surface area contributed by atoms with Crippen molar-refractivity contribution in [1.29, 1.82) is 0 Å². The first-order chi connectivity index (χ1) is 12.2. The van der Waals surface area contributed by atoms with E-state index in [9.17, 15) is 0 Å². The molecule has 0 bridgehead atoms. The number of rotatable bonds is 7. The zero-order chi connectivity index (χ0) is 17.6. The van der Waals surface area contributed by atoms with Gasteiger partial charge in [0, 0.05) is 0 Å². The number of fused-ring (bicyclic) bond motifs is 1. The van der Waals surface area contributed by atoms with Gasteiger partial charge in [-0.25, -0.2) is 4.98 Å². The maximum absolute atomic E-state index is 5.69. The fraction of sp³-hybridized carbons (Fsp3) is 0.222. The molecule has 0 aliphatic carbocycles. The van der Waals surface area contributed by atoms with Crippen molar-refractivity contribution in [2.75, 3.05) is 18.6 Å². The third kappa shape index (κ3) is 4.40. The van der Waals surface area contributed by atoms with Crippen molar-refractivity contribution in [1.82, 2.24) is 4.98 Å². The highest BCUT2D eigenvalue weighted by Crippen LogP contribution is 2.34. The maximum Gasteiger partial charge on any atom is 0.204 e. The van der Waals surface area contributed by atoms with E-state index in [1.54, 1.807) is 17.6 Å². The number of hydrazone groups is 1. The summed E-state index contributed by atoms with van der Waals surface area (Å²) in [5, 5.41) is 5.07. The van der Waals surface area contributed by atoms with Gasteiger partial charge in [-0.15, -0.1) is 0 Å². The summed E-state index contributed by atoms with van der Waals surface area (Å²) < 4.78 is 13.5.